The Morgan fingerprint density at radius 3 is 2.12 bits per heavy atom. The normalized spacial score (nSPS) is 16.4. The minimum atomic E-state index is 0.713. The van der Waals surface area contributed by atoms with E-state index in [9.17, 15) is 0 Å². The van der Waals surface area contributed by atoms with Gasteiger partial charge in [0, 0.05) is 12.7 Å². The van der Waals surface area contributed by atoms with Crippen LogP contribution in [0.4, 0.5) is 0 Å². The Morgan fingerprint density at radius 1 is 1.06 bits per heavy atom. The van der Waals surface area contributed by atoms with Crippen LogP contribution in [0.3, 0.4) is 0 Å². The maximum Gasteiger partial charge on any atom is 0.0264 e. The summed E-state index contributed by atoms with van der Waals surface area (Å²) < 4.78 is 0. The van der Waals surface area contributed by atoms with E-state index in [1.54, 1.807) is 0 Å². The van der Waals surface area contributed by atoms with Crippen molar-refractivity contribution in [2.75, 3.05) is 7.05 Å². The third-order valence-corrected chi connectivity index (χ3v) is 2.95. The quantitative estimate of drug-likeness (QED) is 0.692. The van der Waals surface area contributed by atoms with E-state index in [1.807, 2.05) is 27.0 Å². The number of nitrogens with one attached hydrogen (secondary N) is 1. The molecule has 16 heavy (non-hydrogen) atoms. The number of rotatable bonds is 4. The predicted molar refractivity (Wildman–Crippen MR) is 74.4 cm³/mol. The molecule has 1 aliphatic carbocycles. The second kappa shape index (κ2) is 9.26. The molecule has 0 bridgehead atoms. The van der Waals surface area contributed by atoms with Gasteiger partial charge in [0.2, 0.25) is 0 Å². The highest BCUT2D eigenvalue weighted by atomic mass is 14.8. The largest absolute Gasteiger partial charge is 0.389 e. The molecule has 1 fully saturated rings. The number of hydrogen-bond donors (Lipinski definition) is 1. The van der Waals surface area contributed by atoms with Crippen LogP contribution in [0.1, 0.15) is 46.0 Å². The van der Waals surface area contributed by atoms with Crippen molar-refractivity contribution >= 4 is 0 Å². The molecule has 1 nitrogen and oxygen atoms in total. The molecule has 0 aliphatic heterocycles. The summed E-state index contributed by atoms with van der Waals surface area (Å²) in [7, 11) is 1.88. The molecule has 92 valence electrons. The van der Waals surface area contributed by atoms with Crippen LogP contribution in [-0.4, -0.2) is 7.05 Å². The van der Waals surface area contributed by atoms with Gasteiger partial charge in [0.1, 0.15) is 0 Å². The average Bonchev–Trinajstić information content (AvgIpc) is 2.38. The summed E-state index contributed by atoms with van der Waals surface area (Å²) in [4.78, 5) is 0. The molecule has 0 radical (unpaired) electrons. The standard InChI is InChI=1S/C13H21N.C2H6/c1-11(9-10-12(2)14-3)13-7-5-4-6-8-13;1-2/h9-10,13-14H,1-2,4-8H2,3H3;1-2H3/b10-9-;. The van der Waals surface area contributed by atoms with Gasteiger partial charge in [0.25, 0.3) is 0 Å². The van der Waals surface area contributed by atoms with Crippen molar-refractivity contribution < 1.29 is 0 Å². The second-order valence-corrected chi connectivity index (χ2v) is 4.02. The van der Waals surface area contributed by atoms with Crippen molar-refractivity contribution in [2.24, 2.45) is 5.92 Å². The van der Waals surface area contributed by atoms with E-state index in [1.165, 1.54) is 37.7 Å². The highest BCUT2D eigenvalue weighted by molar-refractivity contribution is 5.25. The molecule has 0 saturated heterocycles. The summed E-state index contributed by atoms with van der Waals surface area (Å²) in [5, 5.41) is 3.00. The van der Waals surface area contributed by atoms with E-state index in [0.29, 0.717) is 5.92 Å². The molecule has 1 saturated carbocycles. The van der Waals surface area contributed by atoms with Crippen molar-refractivity contribution in [3.05, 3.63) is 36.6 Å². The molecule has 0 aromatic heterocycles. The predicted octanol–water partition coefficient (Wildman–Crippen LogP) is 4.44. The molecule has 1 heteroatoms. The second-order valence-electron chi connectivity index (χ2n) is 4.02. The van der Waals surface area contributed by atoms with Crippen LogP contribution in [-0.2, 0) is 0 Å². The van der Waals surface area contributed by atoms with Crippen molar-refractivity contribution in [1.82, 2.24) is 5.32 Å². The summed E-state index contributed by atoms with van der Waals surface area (Å²) in [6.07, 6.45) is 10.9. The molecule has 1 rings (SSSR count). The monoisotopic (exact) mass is 221 g/mol. The SMILES string of the molecule is C=C(/C=C\C(=C)C1CCCCC1)NC.CC. The third kappa shape index (κ3) is 5.79. The molecule has 0 aromatic carbocycles. The molecule has 1 N–H and O–H groups in total. The highest BCUT2D eigenvalue weighted by Gasteiger charge is 2.14. The lowest BCUT2D eigenvalue weighted by Crippen LogP contribution is -2.07. The van der Waals surface area contributed by atoms with Gasteiger partial charge in [-0.3, -0.25) is 0 Å². The van der Waals surface area contributed by atoms with Crippen LogP contribution >= 0.6 is 0 Å². The van der Waals surface area contributed by atoms with Gasteiger partial charge in [0.05, 0.1) is 0 Å². The summed E-state index contributed by atoms with van der Waals surface area (Å²) in [5.41, 5.74) is 2.21. The molecule has 0 amide bonds. The summed E-state index contributed by atoms with van der Waals surface area (Å²) in [6, 6.07) is 0. The molecule has 0 heterocycles. The van der Waals surface area contributed by atoms with Crippen LogP contribution in [0.2, 0.25) is 0 Å². The van der Waals surface area contributed by atoms with Gasteiger partial charge in [-0.05, 0) is 24.8 Å². The van der Waals surface area contributed by atoms with E-state index in [-0.39, 0.29) is 0 Å². The zero-order valence-electron chi connectivity index (χ0n) is 11.2. The van der Waals surface area contributed by atoms with E-state index in [2.05, 4.69) is 24.6 Å². The van der Waals surface area contributed by atoms with Crippen LogP contribution in [0.15, 0.2) is 36.6 Å². The van der Waals surface area contributed by atoms with Gasteiger partial charge in [-0.1, -0.05) is 57.9 Å². The minimum absolute atomic E-state index is 0.713. The number of allylic oxidation sites excluding steroid dienone is 3. The van der Waals surface area contributed by atoms with Gasteiger partial charge in [0.15, 0.2) is 0 Å². The van der Waals surface area contributed by atoms with Crippen LogP contribution in [0.25, 0.3) is 0 Å². The van der Waals surface area contributed by atoms with Crippen molar-refractivity contribution in [3.63, 3.8) is 0 Å². The lowest BCUT2D eigenvalue weighted by atomic mass is 9.84. The lowest BCUT2D eigenvalue weighted by Gasteiger charge is -2.21. The fourth-order valence-electron chi connectivity index (χ4n) is 1.90. The first kappa shape index (κ1) is 15.0. The first-order valence-electron chi connectivity index (χ1n) is 6.47. The maximum absolute atomic E-state index is 4.13. The average molecular weight is 221 g/mol. The number of likely N-dealkylation sites (N-methyl/N-ethyl adjacent to an activating group) is 1. The molecule has 0 atom stereocenters. The fourth-order valence-corrected chi connectivity index (χ4v) is 1.90. The summed E-state index contributed by atoms with van der Waals surface area (Å²) >= 11 is 0. The Morgan fingerprint density at radius 2 is 1.62 bits per heavy atom. The zero-order valence-corrected chi connectivity index (χ0v) is 11.2. The van der Waals surface area contributed by atoms with E-state index in [0.717, 1.165) is 5.70 Å². The number of hydrogen-bond acceptors (Lipinski definition) is 1. The van der Waals surface area contributed by atoms with Crippen molar-refractivity contribution in [2.45, 2.75) is 46.0 Å². The fraction of sp³-hybridized carbons (Fsp3) is 0.600. The molecule has 0 spiro atoms. The van der Waals surface area contributed by atoms with Crippen molar-refractivity contribution in [3.8, 4) is 0 Å². The van der Waals surface area contributed by atoms with Crippen LogP contribution < -0.4 is 5.32 Å². The van der Waals surface area contributed by atoms with E-state index >= 15 is 0 Å². The summed E-state index contributed by atoms with van der Waals surface area (Å²) in [6.45, 7) is 12.0. The van der Waals surface area contributed by atoms with E-state index < -0.39 is 0 Å². The Kier molecular flexibility index (Phi) is 8.69. The Balaban J connectivity index is 0.00000106. The van der Waals surface area contributed by atoms with Gasteiger partial charge in [-0.2, -0.15) is 0 Å². The Hall–Kier alpha value is -0.980. The Bertz CT molecular complexity index is 232. The highest BCUT2D eigenvalue weighted by Crippen LogP contribution is 2.29. The topological polar surface area (TPSA) is 12.0 Å². The van der Waals surface area contributed by atoms with Gasteiger partial charge in [-0.25, -0.2) is 0 Å². The van der Waals surface area contributed by atoms with E-state index in [4.69, 9.17) is 0 Å². The van der Waals surface area contributed by atoms with Gasteiger partial charge >= 0.3 is 0 Å². The van der Waals surface area contributed by atoms with Crippen LogP contribution in [0.5, 0.6) is 0 Å². The molecular weight excluding hydrogens is 194 g/mol. The maximum atomic E-state index is 4.13. The smallest absolute Gasteiger partial charge is 0.0264 e. The molecule has 0 aromatic rings. The van der Waals surface area contributed by atoms with Gasteiger partial charge in [-0.15, -0.1) is 0 Å². The molecular formula is C15H27N. The molecule has 0 unspecified atom stereocenters. The zero-order chi connectivity index (χ0) is 12.4. The lowest BCUT2D eigenvalue weighted by molar-refractivity contribution is 0.409. The minimum Gasteiger partial charge on any atom is -0.389 e. The van der Waals surface area contributed by atoms with Gasteiger partial charge < -0.3 is 5.32 Å². The first-order chi connectivity index (χ1) is 7.74. The third-order valence-electron chi connectivity index (χ3n) is 2.95. The first-order valence-corrected chi connectivity index (χ1v) is 6.47. The summed E-state index contributed by atoms with van der Waals surface area (Å²) in [5.74, 6) is 0.713. The van der Waals surface area contributed by atoms with Crippen LogP contribution in [0, 0.1) is 5.92 Å². The van der Waals surface area contributed by atoms with Crippen molar-refractivity contribution in [1.29, 1.82) is 0 Å². The molecule has 1 aliphatic rings. The Labute approximate surface area is 101 Å².